The highest BCUT2D eigenvalue weighted by Gasteiger charge is 2.50. The Labute approximate surface area is 472 Å². The van der Waals surface area contributed by atoms with Gasteiger partial charge in [0, 0.05) is 46.1 Å². The minimum atomic E-state index is -1.24. The first kappa shape index (κ1) is 62.3. The molecule has 432 valence electrons. The summed E-state index contributed by atoms with van der Waals surface area (Å²) < 4.78 is 40.1. The SMILES string of the molecule is CC(C)[C@@H]1NCCOc2cccc(F)c2C#CCNC(=O)[C@@H](Cc2ccccc2)NC(=O)[C@H](C(C)O)N(C)C1=O.CC(O)[C@H]1C(=O)N[C@H](Cc2ccccc2)C(=O)NCC#Cc2ccc(F)cc2OCCN[C@@H](C2(C)CC2)C(=O)N1C. The van der Waals surface area contributed by atoms with Gasteiger partial charge in [-0.1, -0.05) is 111 Å². The third-order valence-corrected chi connectivity index (χ3v) is 14.2. The average molecular weight is 1120 g/mol. The number of aliphatic hydroxyl groups is 2. The van der Waals surface area contributed by atoms with Crippen molar-refractivity contribution in [2.75, 3.05) is 53.5 Å². The number of fused-ring (bicyclic) bond motifs is 2. The molecule has 0 aromatic heterocycles. The first-order valence-corrected chi connectivity index (χ1v) is 27.1. The lowest BCUT2D eigenvalue weighted by molar-refractivity contribution is -0.146. The number of hydrogen-bond donors (Lipinski definition) is 8. The summed E-state index contributed by atoms with van der Waals surface area (Å²) >= 11 is 0. The molecular weight excluding hydrogens is 1040 g/mol. The lowest BCUT2D eigenvalue weighted by Crippen LogP contribution is -2.61. The Hall–Kier alpha value is -7.88. The smallest absolute Gasteiger partial charge is 0.246 e. The lowest BCUT2D eigenvalue weighted by Gasteiger charge is -2.35. The summed E-state index contributed by atoms with van der Waals surface area (Å²) in [6.07, 6.45) is -0.429. The molecule has 2 unspecified atom stereocenters. The number of carbonyl (C=O) groups is 6. The van der Waals surface area contributed by atoms with Crippen LogP contribution in [0, 0.1) is 46.6 Å². The van der Waals surface area contributed by atoms with Gasteiger partial charge in [-0.25, -0.2) is 8.78 Å². The molecule has 6 amide bonds. The van der Waals surface area contributed by atoms with Gasteiger partial charge >= 0.3 is 0 Å². The molecule has 18 nitrogen and oxygen atoms in total. The van der Waals surface area contributed by atoms with Crippen LogP contribution in [-0.4, -0.2) is 157 Å². The van der Waals surface area contributed by atoms with Gasteiger partial charge in [-0.15, -0.1) is 0 Å². The van der Waals surface area contributed by atoms with Crippen LogP contribution >= 0.6 is 0 Å². The first-order valence-electron chi connectivity index (χ1n) is 27.1. The van der Waals surface area contributed by atoms with Crippen LogP contribution in [0.15, 0.2) is 97.1 Å². The van der Waals surface area contributed by atoms with E-state index in [0.717, 1.165) is 24.0 Å². The van der Waals surface area contributed by atoms with Crippen molar-refractivity contribution in [2.45, 2.75) is 109 Å². The van der Waals surface area contributed by atoms with Crippen LogP contribution in [0.25, 0.3) is 0 Å². The molecule has 2 heterocycles. The fraction of sp³-hybridized carbons (Fsp3) is 0.443. The highest BCUT2D eigenvalue weighted by atomic mass is 19.1. The molecule has 1 saturated carbocycles. The monoisotopic (exact) mass is 1120 g/mol. The zero-order valence-corrected chi connectivity index (χ0v) is 46.8. The summed E-state index contributed by atoms with van der Waals surface area (Å²) in [5, 5.41) is 38.4. The van der Waals surface area contributed by atoms with Gasteiger partial charge in [-0.05, 0) is 73.4 Å². The van der Waals surface area contributed by atoms with Crippen molar-refractivity contribution < 1.29 is 57.2 Å². The molecule has 8 N–H and O–H groups in total. The van der Waals surface area contributed by atoms with Crippen LogP contribution in [0.3, 0.4) is 0 Å². The predicted molar refractivity (Wildman–Crippen MR) is 300 cm³/mol. The van der Waals surface area contributed by atoms with Crippen molar-refractivity contribution in [3.63, 3.8) is 0 Å². The van der Waals surface area contributed by atoms with E-state index in [1.165, 1.54) is 68.1 Å². The molecule has 8 atom stereocenters. The number of halogens is 2. The number of amides is 6. The van der Waals surface area contributed by atoms with Crippen LogP contribution in [0.1, 0.15) is 69.7 Å². The third-order valence-electron chi connectivity index (χ3n) is 14.2. The number of nitrogens with zero attached hydrogens (tertiary/aromatic N) is 2. The number of carbonyl (C=O) groups excluding carboxylic acids is 6. The maximum atomic E-state index is 14.5. The highest BCUT2D eigenvalue weighted by molar-refractivity contribution is 5.95. The Morgan fingerprint density at radius 2 is 1.14 bits per heavy atom. The van der Waals surface area contributed by atoms with E-state index < -0.39 is 89.6 Å². The zero-order chi connectivity index (χ0) is 58.8. The van der Waals surface area contributed by atoms with E-state index in [1.54, 1.807) is 6.07 Å². The fourth-order valence-electron chi connectivity index (χ4n) is 9.48. The van der Waals surface area contributed by atoms with Crippen LogP contribution in [0.4, 0.5) is 8.78 Å². The molecule has 81 heavy (non-hydrogen) atoms. The minimum Gasteiger partial charge on any atom is -0.491 e. The van der Waals surface area contributed by atoms with Crippen molar-refractivity contribution in [1.82, 2.24) is 41.7 Å². The standard InChI is InChI=1S/C31H37FN4O5.C30H37FN4O5/c1-20(37)26-29(39)35-24(18-21-8-5-4-6-9-21)28(38)34-15-7-10-22-11-12-23(32)19-25(22)41-17-16-33-27(30(40)36(26)3)31(2)13-14-31;1-19(2)26-30(39)35(4)27(20(3)36)29(38)34-24(18-21-10-6-5-7-11-21)28(37)33-15-9-12-22-23(31)13-8-14-25(22)40-17-16-32-26/h4-6,8-9,11-12,19-20,24,26-27,33,37H,13-18H2,1-3H3,(H,34,38)(H,35,39);5-8,10-11,13-14,19-20,24,26-27,32,36H,15-18H2,1-4H3,(H,33,37)(H,34,38)/t20?,24-,26+,27-;20?,24-,26+,27+/m11/s1. The normalized spacial score (nSPS) is 23.2. The minimum absolute atomic E-state index is 0.0309. The van der Waals surface area contributed by atoms with Crippen molar-refractivity contribution >= 4 is 35.4 Å². The molecule has 0 radical (unpaired) electrons. The predicted octanol–water partition coefficient (Wildman–Crippen LogP) is 2.61. The summed E-state index contributed by atoms with van der Waals surface area (Å²) in [5.41, 5.74) is 1.81. The molecule has 20 heteroatoms. The van der Waals surface area contributed by atoms with Gasteiger partial charge in [0.25, 0.3) is 0 Å². The molecule has 4 aromatic carbocycles. The van der Waals surface area contributed by atoms with Crippen LogP contribution < -0.4 is 41.4 Å². The van der Waals surface area contributed by atoms with E-state index in [1.807, 2.05) is 81.4 Å². The van der Waals surface area contributed by atoms with E-state index in [2.05, 4.69) is 55.6 Å². The number of benzene rings is 4. The van der Waals surface area contributed by atoms with Crippen LogP contribution in [-0.2, 0) is 41.6 Å². The molecule has 0 bridgehead atoms. The summed E-state index contributed by atoms with van der Waals surface area (Å²) in [4.78, 5) is 83.1. The summed E-state index contributed by atoms with van der Waals surface area (Å²) in [6, 6.07) is 20.9. The van der Waals surface area contributed by atoms with E-state index in [4.69, 9.17) is 9.47 Å². The fourth-order valence-corrected chi connectivity index (χ4v) is 9.48. The van der Waals surface area contributed by atoms with Crippen LogP contribution in [0.5, 0.6) is 11.5 Å². The van der Waals surface area contributed by atoms with Gasteiger partial charge < -0.3 is 61.4 Å². The molecule has 0 spiro atoms. The number of likely N-dealkylation sites (N-methyl/N-ethyl adjacent to an activating group) is 2. The molecule has 7 rings (SSSR count). The number of aliphatic hydroxyl groups excluding tert-OH is 2. The molecule has 3 aliphatic rings. The Kier molecular flexibility index (Phi) is 22.7. The maximum absolute atomic E-state index is 14.5. The van der Waals surface area contributed by atoms with Crippen molar-refractivity contribution in [1.29, 1.82) is 0 Å². The molecule has 4 aromatic rings. The second kappa shape index (κ2) is 29.5. The van der Waals surface area contributed by atoms with Crippen molar-refractivity contribution in [3.8, 4) is 35.2 Å². The van der Waals surface area contributed by atoms with E-state index in [-0.39, 0.29) is 86.5 Å². The Bertz CT molecular complexity index is 2960. The Morgan fingerprint density at radius 3 is 1.65 bits per heavy atom. The second-order valence-electron chi connectivity index (χ2n) is 21.0. The summed E-state index contributed by atoms with van der Waals surface area (Å²) in [7, 11) is 2.93. The molecular formula is C61H74F2N8O10. The molecule has 0 saturated heterocycles. The van der Waals surface area contributed by atoms with Gasteiger partial charge in [-0.3, -0.25) is 28.8 Å². The largest absolute Gasteiger partial charge is 0.491 e. The number of nitrogens with one attached hydrogen (secondary N) is 6. The lowest BCUT2D eigenvalue weighted by atomic mass is 9.96. The van der Waals surface area contributed by atoms with Gasteiger partial charge in [0.2, 0.25) is 35.4 Å². The highest BCUT2D eigenvalue weighted by Crippen LogP contribution is 2.48. The molecule has 2 aliphatic heterocycles. The summed E-state index contributed by atoms with van der Waals surface area (Å²) in [5.74, 6) is 7.49. The van der Waals surface area contributed by atoms with Gasteiger partial charge in [-0.2, -0.15) is 0 Å². The zero-order valence-electron chi connectivity index (χ0n) is 46.8. The molecule has 1 aliphatic carbocycles. The Balaban J connectivity index is 0.000000261. The quantitative estimate of drug-likeness (QED) is 0.119. The van der Waals surface area contributed by atoms with Gasteiger partial charge in [0.15, 0.2) is 0 Å². The van der Waals surface area contributed by atoms with E-state index >= 15 is 0 Å². The number of ether oxygens (including phenoxy) is 2. The Morgan fingerprint density at radius 1 is 0.630 bits per heavy atom. The van der Waals surface area contributed by atoms with Gasteiger partial charge in [0.05, 0.1) is 42.9 Å². The first-order chi connectivity index (χ1) is 38.7. The van der Waals surface area contributed by atoms with E-state index in [9.17, 15) is 47.8 Å². The van der Waals surface area contributed by atoms with E-state index in [0.29, 0.717) is 5.56 Å². The maximum Gasteiger partial charge on any atom is 0.246 e. The van der Waals surface area contributed by atoms with Crippen molar-refractivity contribution in [3.05, 3.63) is 131 Å². The molecule has 1 fully saturated rings. The average Bonchev–Trinajstić information content (AvgIpc) is 4.25. The van der Waals surface area contributed by atoms with Crippen molar-refractivity contribution in [2.24, 2.45) is 11.3 Å². The number of rotatable bonds is 8. The van der Waals surface area contributed by atoms with Crippen LogP contribution in [0.2, 0.25) is 0 Å². The second-order valence-corrected chi connectivity index (χ2v) is 21.0. The topological polar surface area (TPSA) is 240 Å². The number of hydrogen-bond acceptors (Lipinski definition) is 12. The third kappa shape index (κ3) is 17.6. The van der Waals surface area contributed by atoms with Gasteiger partial charge in [0.1, 0.15) is 66.1 Å². The summed E-state index contributed by atoms with van der Waals surface area (Å²) in [6.45, 7) is 9.22.